The van der Waals surface area contributed by atoms with E-state index in [2.05, 4.69) is 15.4 Å². The molecule has 1 aromatic heterocycles. The lowest BCUT2D eigenvalue weighted by Crippen LogP contribution is -2.30. The van der Waals surface area contributed by atoms with Crippen molar-refractivity contribution in [2.24, 2.45) is 0 Å². The number of ether oxygens (including phenoxy) is 2. The summed E-state index contributed by atoms with van der Waals surface area (Å²) in [4.78, 5) is 18.1. The number of alkyl halides is 3. The topological polar surface area (TPSA) is 81.5 Å². The summed E-state index contributed by atoms with van der Waals surface area (Å²) in [5.41, 5.74) is 0.152. The van der Waals surface area contributed by atoms with Gasteiger partial charge in [0, 0.05) is 12.1 Å². The number of amides is 1. The summed E-state index contributed by atoms with van der Waals surface area (Å²) in [6.45, 7) is 0.278. The molecule has 0 saturated heterocycles. The summed E-state index contributed by atoms with van der Waals surface area (Å²) >= 11 is 0. The smallest absolute Gasteiger partial charge is 0.416 e. The van der Waals surface area contributed by atoms with E-state index in [0.717, 1.165) is 17.7 Å². The standard InChI is InChI=1S/C21H22F3N5O3/c1-28(10-14-5-4-6-18(31-2)20(14)32-3)11-19(30)27-16-9-15(21(22,23)24)7-8-17(16)29-13-25-12-26-29/h4-9,12-13H,10-11H2,1-3H3,(H,27,30). The predicted octanol–water partition coefficient (Wildman–Crippen LogP) is 3.37. The molecule has 8 nitrogen and oxygen atoms in total. The molecule has 3 rings (SSSR count). The number of anilines is 1. The van der Waals surface area contributed by atoms with Gasteiger partial charge in [-0.3, -0.25) is 9.69 Å². The average molecular weight is 449 g/mol. The van der Waals surface area contributed by atoms with E-state index < -0.39 is 17.6 Å². The van der Waals surface area contributed by atoms with Crippen LogP contribution in [0.3, 0.4) is 0 Å². The van der Waals surface area contributed by atoms with Gasteiger partial charge in [0.15, 0.2) is 11.5 Å². The van der Waals surface area contributed by atoms with Crippen molar-refractivity contribution in [1.82, 2.24) is 19.7 Å². The Balaban J connectivity index is 1.77. The molecule has 0 fully saturated rings. The number of carbonyl (C=O) groups is 1. The summed E-state index contributed by atoms with van der Waals surface area (Å²) in [6, 6.07) is 8.43. The molecule has 32 heavy (non-hydrogen) atoms. The molecule has 0 aliphatic rings. The molecule has 11 heteroatoms. The molecule has 0 aliphatic carbocycles. The number of benzene rings is 2. The van der Waals surface area contributed by atoms with Crippen molar-refractivity contribution in [3.8, 4) is 17.2 Å². The van der Waals surface area contributed by atoms with E-state index in [-0.39, 0.29) is 17.9 Å². The fourth-order valence-electron chi connectivity index (χ4n) is 3.20. The first kappa shape index (κ1) is 23.1. The molecule has 0 radical (unpaired) electrons. The predicted molar refractivity (Wildman–Crippen MR) is 111 cm³/mol. The first-order valence-corrected chi connectivity index (χ1v) is 9.47. The Morgan fingerprint density at radius 1 is 1.19 bits per heavy atom. The van der Waals surface area contributed by atoms with E-state index in [1.54, 1.807) is 24.1 Å². The highest BCUT2D eigenvalue weighted by atomic mass is 19.4. The Morgan fingerprint density at radius 3 is 2.59 bits per heavy atom. The van der Waals surface area contributed by atoms with Gasteiger partial charge in [0.2, 0.25) is 5.91 Å². The van der Waals surface area contributed by atoms with Gasteiger partial charge in [-0.25, -0.2) is 9.67 Å². The third-order valence-corrected chi connectivity index (χ3v) is 4.60. The number of halogens is 3. The molecule has 0 spiro atoms. The second-order valence-corrected chi connectivity index (χ2v) is 6.94. The summed E-state index contributed by atoms with van der Waals surface area (Å²) < 4.78 is 51.5. The number of carbonyl (C=O) groups excluding carboxylic acids is 1. The number of rotatable bonds is 8. The minimum atomic E-state index is -4.56. The molecule has 0 bridgehead atoms. The van der Waals surface area contributed by atoms with E-state index in [0.29, 0.717) is 18.0 Å². The molecular formula is C21H22F3N5O3. The summed E-state index contributed by atoms with van der Waals surface area (Å²) in [5, 5.41) is 6.49. The lowest BCUT2D eigenvalue weighted by Gasteiger charge is -2.20. The summed E-state index contributed by atoms with van der Waals surface area (Å²) in [7, 11) is 4.76. The first-order valence-electron chi connectivity index (χ1n) is 9.47. The maximum absolute atomic E-state index is 13.2. The van der Waals surface area contributed by atoms with Gasteiger partial charge in [-0.2, -0.15) is 18.3 Å². The fourth-order valence-corrected chi connectivity index (χ4v) is 3.20. The monoisotopic (exact) mass is 449 g/mol. The van der Waals surface area contributed by atoms with Crippen LogP contribution in [0.2, 0.25) is 0 Å². The van der Waals surface area contributed by atoms with Crippen molar-refractivity contribution in [2.75, 3.05) is 33.1 Å². The minimum absolute atomic E-state index is 0.0253. The van der Waals surface area contributed by atoms with Crippen LogP contribution in [0.25, 0.3) is 5.69 Å². The molecule has 3 aromatic rings. The molecular weight excluding hydrogens is 427 g/mol. The first-order chi connectivity index (χ1) is 15.2. The van der Waals surface area contributed by atoms with Crippen molar-refractivity contribution < 1.29 is 27.4 Å². The van der Waals surface area contributed by atoms with Crippen molar-refractivity contribution in [1.29, 1.82) is 0 Å². The van der Waals surface area contributed by atoms with Crippen molar-refractivity contribution in [2.45, 2.75) is 12.7 Å². The zero-order valence-electron chi connectivity index (χ0n) is 17.7. The number of hydrogen-bond acceptors (Lipinski definition) is 6. The SMILES string of the molecule is COc1cccc(CN(C)CC(=O)Nc2cc(C(F)(F)F)ccc2-n2cncn2)c1OC. The van der Waals surface area contributed by atoms with Crippen molar-refractivity contribution in [3.05, 3.63) is 60.2 Å². The molecule has 0 atom stereocenters. The largest absolute Gasteiger partial charge is 0.493 e. The van der Waals surface area contributed by atoms with Crippen LogP contribution >= 0.6 is 0 Å². The van der Waals surface area contributed by atoms with Crippen LogP contribution in [0.4, 0.5) is 18.9 Å². The molecule has 170 valence electrons. The van der Waals surface area contributed by atoms with E-state index in [4.69, 9.17) is 9.47 Å². The van der Waals surface area contributed by atoms with Gasteiger partial charge in [-0.15, -0.1) is 0 Å². The Hall–Kier alpha value is -3.60. The van der Waals surface area contributed by atoms with Crippen LogP contribution in [0, 0.1) is 0 Å². The third-order valence-electron chi connectivity index (χ3n) is 4.60. The molecule has 1 heterocycles. The maximum Gasteiger partial charge on any atom is 0.416 e. The number of hydrogen-bond donors (Lipinski definition) is 1. The second-order valence-electron chi connectivity index (χ2n) is 6.94. The fraction of sp³-hybridized carbons (Fsp3) is 0.286. The maximum atomic E-state index is 13.2. The molecule has 1 amide bonds. The van der Waals surface area contributed by atoms with Gasteiger partial charge >= 0.3 is 6.18 Å². The van der Waals surface area contributed by atoms with E-state index in [9.17, 15) is 18.0 Å². The third kappa shape index (κ3) is 5.35. The zero-order valence-corrected chi connectivity index (χ0v) is 17.7. The van der Waals surface area contributed by atoms with Crippen LogP contribution in [0.5, 0.6) is 11.5 Å². The highest BCUT2D eigenvalue weighted by molar-refractivity contribution is 5.94. The molecule has 2 aromatic carbocycles. The number of nitrogens with one attached hydrogen (secondary N) is 1. The highest BCUT2D eigenvalue weighted by Crippen LogP contribution is 2.33. The van der Waals surface area contributed by atoms with E-state index in [1.807, 2.05) is 6.07 Å². The Kier molecular flexibility index (Phi) is 6.98. The minimum Gasteiger partial charge on any atom is -0.493 e. The molecule has 1 N–H and O–H groups in total. The summed E-state index contributed by atoms with van der Waals surface area (Å²) in [5.74, 6) is 0.618. The molecule has 0 aliphatic heterocycles. The van der Waals surface area contributed by atoms with Gasteiger partial charge in [0.05, 0.1) is 37.7 Å². The van der Waals surface area contributed by atoms with Crippen LogP contribution in [-0.2, 0) is 17.5 Å². The Bertz CT molecular complexity index is 1070. The number of likely N-dealkylation sites (N-methyl/N-ethyl adjacent to an activating group) is 1. The van der Waals surface area contributed by atoms with Crippen LogP contribution in [-0.4, -0.2) is 53.4 Å². The average Bonchev–Trinajstić information content (AvgIpc) is 3.27. The van der Waals surface area contributed by atoms with Crippen LogP contribution in [0.15, 0.2) is 49.1 Å². The van der Waals surface area contributed by atoms with E-state index >= 15 is 0 Å². The van der Waals surface area contributed by atoms with Gasteiger partial charge in [0.25, 0.3) is 0 Å². The lowest BCUT2D eigenvalue weighted by molar-refractivity contribution is -0.137. The van der Waals surface area contributed by atoms with Crippen molar-refractivity contribution >= 4 is 11.6 Å². The number of nitrogens with zero attached hydrogens (tertiary/aromatic N) is 4. The number of para-hydroxylation sites is 1. The zero-order chi connectivity index (χ0) is 23.3. The molecule has 0 unspecified atom stereocenters. The Labute approximate surface area is 182 Å². The quantitative estimate of drug-likeness (QED) is 0.568. The van der Waals surface area contributed by atoms with Gasteiger partial charge < -0.3 is 14.8 Å². The van der Waals surface area contributed by atoms with Gasteiger partial charge in [-0.1, -0.05) is 12.1 Å². The number of methoxy groups -OCH3 is 2. The van der Waals surface area contributed by atoms with E-state index in [1.165, 1.54) is 37.6 Å². The second kappa shape index (κ2) is 9.69. The van der Waals surface area contributed by atoms with Gasteiger partial charge in [0.1, 0.15) is 12.7 Å². The highest BCUT2D eigenvalue weighted by Gasteiger charge is 2.31. The normalized spacial score (nSPS) is 11.5. The lowest BCUT2D eigenvalue weighted by atomic mass is 10.1. The van der Waals surface area contributed by atoms with Gasteiger partial charge in [-0.05, 0) is 31.3 Å². The van der Waals surface area contributed by atoms with Crippen LogP contribution in [0.1, 0.15) is 11.1 Å². The Morgan fingerprint density at radius 2 is 1.97 bits per heavy atom. The molecule has 0 saturated carbocycles. The number of aromatic nitrogens is 3. The summed E-state index contributed by atoms with van der Waals surface area (Å²) in [6.07, 6.45) is -1.97. The van der Waals surface area contributed by atoms with Crippen LogP contribution < -0.4 is 14.8 Å². The van der Waals surface area contributed by atoms with Crippen molar-refractivity contribution in [3.63, 3.8) is 0 Å².